The van der Waals surface area contributed by atoms with Gasteiger partial charge in [-0.25, -0.2) is 0 Å². The third-order valence-electron chi connectivity index (χ3n) is 2.60. The smallest absolute Gasteiger partial charge is 0.246 e. The molecule has 1 amide bonds. The fourth-order valence-electron chi connectivity index (χ4n) is 1.42. The average Bonchev–Trinajstić information content (AvgIpc) is 2.27. The second-order valence-corrected chi connectivity index (χ2v) is 5.31. The predicted molar refractivity (Wildman–Crippen MR) is 73.1 cm³/mol. The van der Waals surface area contributed by atoms with E-state index in [1.165, 1.54) is 0 Å². The van der Waals surface area contributed by atoms with Crippen LogP contribution in [-0.4, -0.2) is 18.1 Å². The SMILES string of the molecule is Cc1c(N)cccc1CNC(=O)COC(C)(C)C. The summed E-state index contributed by atoms with van der Waals surface area (Å²) in [7, 11) is 0. The number of carbonyl (C=O) groups is 1. The first-order valence-electron chi connectivity index (χ1n) is 6.04. The van der Waals surface area contributed by atoms with Crippen molar-refractivity contribution >= 4 is 11.6 Å². The molecule has 0 aromatic heterocycles. The summed E-state index contributed by atoms with van der Waals surface area (Å²) in [6.07, 6.45) is 0. The third kappa shape index (κ3) is 4.75. The predicted octanol–water partition coefficient (Wildman–Crippen LogP) is 2.01. The molecule has 4 nitrogen and oxygen atoms in total. The van der Waals surface area contributed by atoms with Gasteiger partial charge in [0.05, 0.1) is 5.60 Å². The van der Waals surface area contributed by atoms with Gasteiger partial charge in [-0.05, 0) is 44.9 Å². The van der Waals surface area contributed by atoms with Crippen molar-refractivity contribution in [2.75, 3.05) is 12.3 Å². The summed E-state index contributed by atoms with van der Waals surface area (Å²) in [4.78, 5) is 11.6. The number of nitrogen functional groups attached to an aromatic ring is 1. The fraction of sp³-hybridized carbons (Fsp3) is 0.500. The molecule has 0 aliphatic rings. The average molecular weight is 250 g/mol. The number of anilines is 1. The molecule has 18 heavy (non-hydrogen) atoms. The highest BCUT2D eigenvalue weighted by molar-refractivity contribution is 5.77. The second-order valence-electron chi connectivity index (χ2n) is 5.31. The molecule has 0 saturated carbocycles. The normalized spacial score (nSPS) is 11.3. The van der Waals surface area contributed by atoms with Gasteiger partial charge >= 0.3 is 0 Å². The minimum atomic E-state index is -0.301. The van der Waals surface area contributed by atoms with Crippen molar-refractivity contribution in [2.45, 2.75) is 39.8 Å². The molecule has 0 fully saturated rings. The highest BCUT2D eigenvalue weighted by atomic mass is 16.5. The quantitative estimate of drug-likeness (QED) is 0.803. The van der Waals surface area contributed by atoms with Gasteiger partial charge in [0.1, 0.15) is 6.61 Å². The molecule has 1 rings (SSSR count). The van der Waals surface area contributed by atoms with Crippen LogP contribution >= 0.6 is 0 Å². The molecule has 0 heterocycles. The molecule has 100 valence electrons. The summed E-state index contributed by atoms with van der Waals surface area (Å²) in [6.45, 7) is 8.25. The van der Waals surface area contributed by atoms with Crippen LogP contribution in [0.4, 0.5) is 5.69 Å². The van der Waals surface area contributed by atoms with E-state index in [1.807, 2.05) is 45.9 Å². The van der Waals surface area contributed by atoms with E-state index < -0.39 is 0 Å². The van der Waals surface area contributed by atoms with Gasteiger partial charge in [-0.15, -0.1) is 0 Å². The third-order valence-corrected chi connectivity index (χ3v) is 2.60. The van der Waals surface area contributed by atoms with Gasteiger partial charge in [0, 0.05) is 12.2 Å². The lowest BCUT2D eigenvalue weighted by atomic mass is 10.1. The van der Waals surface area contributed by atoms with Crippen LogP contribution in [0.5, 0.6) is 0 Å². The largest absolute Gasteiger partial charge is 0.399 e. The second kappa shape index (κ2) is 5.87. The van der Waals surface area contributed by atoms with Gasteiger partial charge < -0.3 is 15.8 Å². The van der Waals surface area contributed by atoms with Gasteiger partial charge in [0.25, 0.3) is 0 Å². The van der Waals surface area contributed by atoms with Crippen LogP contribution in [-0.2, 0) is 16.1 Å². The zero-order valence-corrected chi connectivity index (χ0v) is 11.5. The summed E-state index contributed by atoms with van der Waals surface area (Å²) in [6, 6.07) is 5.69. The molecule has 0 aliphatic heterocycles. The summed E-state index contributed by atoms with van der Waals surface area (Å²) in [5, 5.41) is 2.82. The Kier molecular flexibility index (Phi) is 4.73. The number of amides is 1. The topological polar surface area (TPSA) is 64.3 Å². The molecule has 0 atom stereocenters. The minimum absolute atomic E-state index is 0.0743. The standard InChI is InChI=1S/C14H22N2O2/c1-10-11(6-5-7-12(10)15)8-16-13(17)9-18-14(2,3)4/h5-7H,8-9,15H2,1-4H3,(H,16,17). The number of hydrogen-bond acceptors (Lipinski definition) is 3. The van der Waals surface area contributed by atoms with E-state index in [0.717, 1.165) is 16.8 Å². The first-order valence-corrected chi connectivity index (χ1v) is 6.04. The summed E-state index contributed by atoms with van der Waals surface area (Å²) >= 11 is 0. The van der Waals surface area contributed by atoms with E-state index >= 15 is 0 Å². The number of hydrogen-bond donors (Lipinski definition) is 2. The molecule has 0 aliphatic carbocycles. The van der Waals surface area contributed by atoms with Crippen LogP contribution in [0, 0.1) is 6.92 Å². The number of benzene rings is 1. The molecular weight excluding hydrogens is 228 g/mol. The Morgan fingerprint density at radius 2 is 2.06 bits per heavy atom. The summed E-state index contributed by atoms with van der Waals surface area (Å²) in [5.41, 5.74) is 8.28. The highest BCUT2D eigenvalue weighted by Gasteiger charge is 2.12. The van der Waals surface area contributed by atoms with Gasteiger partial charge in [0.2, 0.25) is 5.91 Å². The number of nitrogens with two attached hydrogens (primary N) is 1. The monoisotopic (exact) mass is 250 g/mol. The maximum Gasteiger partial charge on any atom is 0.246 e. The number of nitrogens with one attached hydrogen (secondary N) is 1. The maximum absolute atomic E-state index is 11.6. The first kappa shape index (κ1) is 14.5. The zero-order valence-electron chi connectivity index (χ0n) is 11.5. The zero-order chi connectivity index (χ0) is 13.8. The Labute approximate surface area is 109 Å². The molecule has 4 heteroatoms. The Morgan fingerprint density at radius 1 is 1.39 bits per heavy atom. The van der Waals surface area contributed by atoms with Crippen molar-refractivity contribution < 1.29 is 9.53 Å². The highest BCUT2D eigenvalue weighted by Crippen LogP contribution is 2.15. The first-order chi connectivity index (χ1) is 8.29. The van der Waals surface area contributed by atoms with Crippen molar-refractivity contribution in [2.24, 2.45) is 0 Å². The number of rotatable bonds is 4. The molecule has 0 bridgehead atoms. The molecule has 1 aromatic rings. The van der Waals surface area contributed by atoms with Crippen molar-refractivity contribution in [3.63, 3.8) is 0 Å². The lowest BCUT2D eigenvalue weighted by Crippen LogP contribution is -2.31. The molecular formula is C14H22N2O2. The van der Waals surface area contributed by atoms with Crippen molar-refractivity contribution in [1.82, 2.24) is 5.32 Å². The molecule has 0 unspecified atom stereocenters. The number of ether oxygens (including phenoxy) is 1. The van der Waals surface area contributed by atoms with E-state index in [1.54, 1.807) is 0 Å². The Bertz CT molecular complexity index is 422. The van der Waals surface area contributed by atoms with Gasteiger partial charge in [-0.1, -0.05) is 12.1 Å². The molecule has 0 spiro atoms. The van der Waals surface area contributed by atoms with Crippen LogP contribution in [0.2, 0.25) is 0 Å². The van der Waals surface area contributed by atoms with E-state index in [9.17, 15) is 4.79 Å². The Hall–Kier alpha value is -1.55. The molecule has 1 aromatic carbocycles. The van der Waals surface area contributed by atoms with E-state index in [0.29, 0.717) is 6.54 Å². The summed E-state index contributed by atoms with van der Waals surface area (Å²) < 4.78 is 5.40. The number of carbonyl (C=O) groups excluding carboxylic acids is 1. The maximum atomic E-state index is 11.6. The van der Waals surface area contributed by atoms with Crippen molar-refractivity contribution in [3.05, 3.63) is 29.3 Å². The Morgan fingerprint density at radius 3 is 2.67 bits per heavy atom. The van der Waals surface area contributed by atoms with Crippen LogP contribution in [0.25, 0.3) is 0 Å². The van der Waals surface area contributed by atoms with Gasteiger partial charge in [-0.2, -0.15) is 0 Å². The minimum Gasteiger partial charge on any atom is -0.399 e. The van der Waals surface area contributed by atoms with E-state index in [4.69, 9.17) is 10.5 Å². The van der Waals surface area contributed by atoms with Crippen LogP contribution in [0.3, 0.4) is 0 Å². The molecule has 3 N–H and O–H groups in total. The van der Waals surface area contributed by atoms with Gasteiger partial charge in [-0.3, -0.25) is 4.79 Å². The van der Waals surface area contributed by atoms with Crippen LogP contribution in [0.1, 0.15) is 31.9 Å². The van der Waals surface area contributed by atoms with Gasteiger partial charge in [0.15, 0.2) is 0 Å². The summed E-state index contributed by atoms with van der Waals surface area (Å²) in [5.74, 6) is -0.119. The molecule has 0 saturated heterocycles. The fourth-order valence-corrected chi connectivity index (χ4v) is 1.42. The Balaban J connectivity index is 2.46. The molecule has 0 radical (unpaired) electrons. The lowest BCUT2D eigenvalue weighted by Gasteiger charge is -2.19. The van der Waals surface area contributed by atoms with Crippen molar-refractivity contribution in [3.8, 4) is 0 Å². The van der Waals surface area contributed by atoms with E-state index in [-0.39, 0.29) is 18.1 Å². The van der Waals surface area contributed by atoms with Crippen LogP contribution < -0.4 is 11.1 Å². The van der Waals surface area contributed by atoms with Crippen LogP contribution in [0.15, 0.2) is 18.2 Å². The van der Waals surface area contributed by atoms with Crippen molar-refractivity contribution in [1.29, 1.82) is 0 Å². The lowest BCUT2D eigenvalue weighted by molar-refractivity contribution is -0.130. The van der Waals surface area contributed by atoms with E-state index in [2.05, 4.69) is 5.32 Å².